The smallest absolute Gasteiger partial charge is 0.141 e. The molecule has 0 fully saturated rings. The second-order valence-corrected chi connectivity index (χ2v) is 3.58. The fraction of sp³-hybridized carbons (Fsp3) is 0.154. The molecule has 0 unspecified atom stereocenters. The molecule has 0 spiro atoms. The fourth-order valence-corrected chi connectivity index (χ4v) is 1.83. The number of phenolic OH excluding ortho intramolecular Hbond substituents is 1. The third-order valence-electron chi connectivity index (χ3n) is 2.64. The first-order valence-electron chi connectivity index (χ1n) is 4.88. The number of phenols is 1. The Hall–Kier alpha value is -2.21. The summed E-state index contributed by atoms with van der Waals surface area (Å²) in [7, 11) is 1.58. The molecule has 0 radical (unpaired) electrons. The van der Waals surface area contributed by atoms with Crippen LogP contribution in [-0.4, -0.2) is 12.2 Å². The highest BCUT2D eigenvalue weighted by molar-refractivity contribution is 5.95. The van der Waals surface area contributed by atoms with Crippen molar-refractivity contribution >= 4 is 10.8 Å². The summed E-state index contributed by atoms with van der Waals surface area (Å²) in [4.78, 5) is 0. The molecular weight excluding hydrogens is 202 g/mol. The molecule has 0 aliphatic heterocycles. The van der Waals surface area contributed by atoms with E-state index in [1.54, 1.807) is 26.2 Å². The SMILES string of the molecule is COc1cccc2c(O)c(C#N)c(C)cc12. The maximum atomic E-state index is 9.97. The van der Waals surface area contributed by atoms with E-state index in [0.29, 0.717) is 16.7 Å². The molecule has 3 nitrogen and oxygen atoms in total. The Balaban J connectivity index is 2.93. The minimum absolute atomic E-state index is 0.0244. The van der Waals surface area contributed by atoms with E-state index < -0.39 is 0 Å². The number of nitriles is 1. The van der Waals surface area contributed by atoms with Crippen LogP contribution in [0, 0.1) is 18.3 Å². The minimum Gasteiger partial charge on any atom is -0.506 e. The Labute approximate surface area is 93.5 Å². The fourth-order valence-electron chi connectivity index (χ4n) is 1.83. The molecule has 2 rings (SSSR count). The third-order valence-corrected chi connectivity index (χ3v) is 2.64. The van der Waals surface area contributed by atoms with E-state index in [9.17, 15) is 5.11 Å². The van der Waals surface area contributed by atoms with Gasteiger partial charge in [-0.3, -0.25) is 0 Å². The molecule has 2 aromatic carbocycles. The number of aromatic hydroxyl groups is 1. The van der Waals surface area contributed by atoms with Crippen LogP contribution < -0.4 is 4.74 Å². The van der Waals surface area contributed by atoms with Gasteiger partial charge < -0.3 is 9.84 Å². The number of hydrogen-bond donors (Lipinski definition) is 1. The van der Waals surface area contributed by atoms with Crippen molar-refractivity contribution in [1.29, 1.82) is 5.26 Å². The van der Waals surface area contributed by atoms with Crippen molar-refractivity contribution < 1.29 is 9.84 Å². The molecular formula is C13H11NO2. The van der Waals surface area contributed by atoms with Crippen LogP contribution in [0.4, 0.5) is 0 Å². The molecule has 0 heterocycles. The highest BCUT2D eigenvalue weighted by Gasteiger charge is 2.12. The van der Waals surface area contributed by atoms with Crippen LogP contribution in [0.25, 0.3) is 10.8 Å². The van der Waals surface area contributed by atoms with Crippen LogP contribution >= 0.6 is 0 Å². The lowest BCUT2D eigenvalue weighted by Crippen LogP contribution is -1.89. The molecule has 0 aliphatic rings. The average Bonchev–Trinajstić information content (AvgIpc) is 2.29. The van der Waals surface area contributed by atoms with E-state index in [1.165, 1.54) is 0 Å². The van der Waals surface area contributed by atoms with Gasteiger partial charge in [-0.25, -0.2) is 0 Å². The average molecular weight is 213 g/mol. The summed E-state index contributed by atoms with van der Waals surface area (Å²) in [5, 5.41) is 20.4. The summed E-state index contributed by atoms with van der Waals surface area (Å²) in [5.74, 6) is 0.719. The highest BCUT2D eigenvalue weighted by atomic mass is 16.5. The summed E-state index contributed by atoms with van der Waals surface area (Å²) >= 11 is 0. The summed E-state index contributed by atoms with van der Waals surface area (Å²) in [6.07, 6.45) is 0. The van der Waals surface area contributed by atoms with Gasteiger partial charge in [-0.05, 0) is 24.6 Å². The van der Waals surface area contributed by atoms with E-state index in [2.05, 4.69) is 0 Å². The normalized spacial score (nSPS) is 10.1. The van der Waals surface area contributed by atoms with Crippen molar-refractivity contribution in [2.45, 2.75) is 6.92 Å². The lowest BCUT2D eigenvalue weighted by atomic mass is 10.0. The second kappa shape index (κ2) is 3.74. The van der Waals surface area contributed by atoms with Gasteiger partial charge in [0, 0.05) is 10.8 Å². The van der Waals surface area contributed by atoms with Gasteiger partial charge in [0.2, 0.25) is 0 Å². The Morgan fingerprint density at radius 3 is 2.69 bits per heavy atom. The van der Waals surface area contributed by atoms with Gasteiger partial charge in [0.05, 0.1) is 12.7 Å². The van der Waals surface area contributed by atoms with Crippen LogP contribution in [0.2, 0.25) is 0 Å². The number of ether oxygens (including phenoxy) is 1. The summed E-state index contributed by atoms with van der Waals surface area (Å²) in [6.45, 7) is 1.80. The Morgan fingerprint density at radius 1 is 1.31 bits per heavy atom. The molecule has 0 saturated heterocycles. The Bertz CT molecular complexity index is 597. The van der Waals surface area contributed by atoms with Gasteiger partial charge in [-0.15, -0.1) is 0 Å². The van der Waals surface area contributed by atoms with E-state index >= 15 is 0 Å². The monoisotopic (exact) mass is 213 g/mol. The molecule has 1 N–H and O–H groups in total. The van der Waals surface area contributed by atoms with E-state index in [0.717, 1.165) is 10.9 Å². The van der Waals surface area contributed by atoms with E-state index in [4.69, 9.17) is 10.00 Å². The van der Waals surface area contributed by atoms with Crippen LogP contribution in [0.5, 0.6) is 11.5 Å². The molecule has 2 aromatic rings. The van der Waals surface area contributed by atoms with Crippen molar-refractivity contribution in [1.82, 2.24) is 0 Å². The quantitative estimate of drug-likeness (QED) is 0.792. The molecule has 0 bridgehead atoms. The molecule has 80 valence electrons. The summed E-state index contributed by atoms with van der Waals surface area (Å²) in [5.41, 5.74) is 1.07. The second-order valence-electron chi connectivity index (χ2n) is 3.58. The maximum Gasteiger partial charge on any atom is 0.141 e. The predicted octanol–water partition coefficient (Wildman–Crippen LogP) is 2.73. The first kappa shape index (κ1) is 10.3. The topological polar surface area (TPSA) is 53.2 Å². The maximum absolute atomic E-state index is 9.97. The van der Waals surface area contributed by atoms with Crippen molar-refractivity contribution in [3.05, 3.63) is 35.4 Å². The van der Waals surface area contributed by atoms with Gasteiger partial charge in [-0.2, -0.15) is 5.26 Å². The van der Waals surface area contributed by atoms with Crippen LogP contribution in [0.15, 0.2) is 24.3 Å². The Kier molecular flexibility index (Phi) is 2.41. The number of benzene rings is 2. The predicted molar refractivity (Wildman–Crippen MR) is 61.6 cm³/mol. The van der Waals surface area contributed by atoms with Crippen LogP contribution in [0.1, 0.15) is 11.1 Å². The molecule has 0 amide bonds. The number of rotatable bonds is 1. The standard InChI is InChI=1S/C13H11NO2/c1-8-6-10-9(13(15)11(8)7-14)4-3-5-12(10)16-2/h3-6,15H,1-2H3. The van der Waals surface area contributed by atoms with Crippen molar-refractivity contribution in [3.8, 4) is 17.6 Å². The molecule has 3 heteroatoms. The van der Waals surface area contributed by atoms with Crippen molar-refractivity contribution in [3.63, 3.8) is 0 Å². The lowest BCUT2D eigenvalue weighted by Gasteiger charge is -2.09. The van der Waals surface area contributed by atoms with Gasteiger partial charge in [0.25, 0.3) is 0 Å². The van der Waals surface area contributed by atoms with E-state index in [-0.39, 0.29) is 5.75 Å². The Morgan fingerprint density at radius 2 is 2.06 bits per heavy atom. The number of hydrogen-bond acceptors (Lipinski definition) is 3. The van der Waals surface area contributed by atoms with E-state index in [1.807, 2.05) is 18.2 Å². The molecule has 0 aromatic heterocycles. The van der Waals surface area contributed by atoms with Crippen molar-refractivity contribution in [2.24, 2.45) is 0 Å². The van der Waals surface area contributed by atoms with Gasteiger partial charge in [-0.1, -0.05) is 12.1 Å². The summed E-state index contributed by atoms with van der Waals surface area (Å²) in [6, 6.07) is 9.24. The van der Waals surface area contributed by atoms with Crippen LogP contribution in [-0.2, 0) is 0 Å². The van der Waals surface area contributed by atoms with Gasteiger partial charge >= 0.3 is 0 Å². The number of methoxy groups -OCH3 is 1. The minimum atomic E-state index is 0.0244. The molecule has 0 aliphatic carbocycles. The van der Waals surface area contributed by atoms with Crippen LogP contribution in [0.3, 0.4) is 0 Å². The van der Waals surface area contributed by atoms with Gasteiger partial charge in [0.15, 0.2) is 0 Å². The third kappa shape index (κ3) is 1.36. The molecule has 16 heavy (non-hydrogen) atoms. The zero-order chi connectivity index (χ0) is 11.7. The van der Waals surface area contributed by atoms with Gasteiger partial charge in [0.1, 0.15) is 17.6 Å². The zero-order valence-electron chi connectivity index (χ0n) is 9.11. The highest BCUT2D eigenvalue weighted by Crippen LogP contribution is 2.35. The number of fused-ring (bicyclic) bond motifs is 1. The lowest BCUT2D eigenvalue weighted by molar-refractivity contribution is 0.419. The van der Waals surface area contributed by atoms with Crippen molar-refractivity contribution in [2.75, 3.05) is 7.11 Å². The molecule has 0 atom stereocenters. The zero-order valence-corrected chi connectivity index (χ0v) is 9.11. The first-order chi connectivity index (χ1) is 7.69. The first-order valence-corrected chi connectivity index (χ1v) is 4.88. The largest absolute Gasteiger partial charge is 0.506 e. The molecule has 0 saturated carbocycles. The number of aryl methyl sites for hydroxylation is 1. The summed E-state index contributed by atoms with van der Waals surface area (Å²) < 4.78 is 5.22. The number of nitrogens with zero attached hydrogens (tertiary/aromatic N) is 1.